The van der Waals surface area contributed by atoms with Gasteiger partial charge in [-0.1, -0.05) is 18.7 Å². The average molecular weight is 359 g/mol. The molecule has 1 amide bonds. The molecule has 1 aromatic heterocycles. The maximum atomic E-state index is 12.3. The van der Waals surface area contributed by atoms with Crippen LogP contribution in [0.2, 0.25) is 0 Å². The third-order valence-corrected chi connectivity index (χ3v) is 6.12. The van der Waals surface area contributed by atoms with Crippen molar-refractivity contribution in [3.8, 4) is 6.07 Å². The second-order valence-corrected chi connectivity index (χ2v) is 7.79. The normalized spacial score (nSPS) is 18.4. The number of nitrogens with zero attached hydrogens (tertiary/aromatic N) is 3. The molecule has 6 heteroatoms. The average Bonchev–Trinajstić information content (AvgIpc) is 2.66. The summed E-state index contributed by atoms with van der Waals surface area (Å²) >= 11 is 1.39. The lowest BCUT2D eigenvalue weighted by molar-refractivity contribution is -0.119. The van der Waals surface area contributed by atoms with Crippen LogP contribution in [0.1, 0.15) is 49.4 Å². The highest BCUT2D eigenvalue weighted by molar-refractivity contribution is 8.00. The van der Waals surface area contributed by atoms with Gasteiger partial charge in [-0.05, 0) is 56.7 Å². The van der Waals surface area contributed by atoms with Crippen molar-refractivity contribution in [3.05, 3.63) is 22.9 Å². The number of hydrogen-bond acceptors (Lipinski definition) is 5. The summed E-state index contributed by atoms with van der Waals surface area (Å²) in [5.74, 6) is 0.373. The van der Waals surface area contributed by atoms with Crippen LogP contribution in [-0.2, 0) is 17.6 Å². The van der Waals surface area contributed by atoms with Gasteiger partial charge in [0.25, 0.3) is 0 Å². The number of fused-ring (bicyclic) bond motifs is 1. The Balaban J connectivity index is 1.54. The van der Waals surface area contributed by atoms with Crippen molar-refractivity contribution in [1.29, 1.82) is 5.26 Å². The fourth-order valence-corrected chi connectivity index (χ4v) is 4.39. The van der Waals surface area contributed by atoms with Crippen molar-refractivity contribution >= 4 is 17.7 Å². The number of aromatic nitrogens is 1. The summed E-state index contributed by atoms with van der Waals surface area (Å²) in [6, 6.07) is 4.50. The van der Waals surface area contributed by atoms with Gasteiger partial charge in [0.2, 0.25) is 5.91 Å². The molecule has 0 bridgehead atoms. The molecule has 0 saturated carbocycles. The molecule has 1 N–H and O–H groups in total. The summed E-state index contributed by atoms with van der Waals surface area (Å²) in [7, 11) is 0. The lowest BCUT2D eigenvalue weighted by Gasteiger charge is -2.31. The van der Waals surface area contributed by atoms with Crippen LogP contribution in [0.25, 0.3) is 0 Å². The minimum atomic E-state index is 0.0448. The summed E-state index contributed by atoms with van der Waals surface area (Å²) in [6.07, 6.45) is 6.36. The van der Waals surface area contributed by atoms with E-state index in [4.69, 9.17) is 0 Å². The Morgan fingerprint density at radius 2 is 2.16 bits per heavy atom. The molecule has 2 aliphatic rings. The van der Waals surface area contributed by atoms with E-state index in [1.165, 1.54) is 23.7 Å². The third-order valence-electron chi connectivity index (χ3n) is 5.13. The van der Waals surface area contributed by atoms with E-state index in [9.17, 15) is 10.1 Å². The van der Waals surface area contributed by atoms with Crippen molar-refractivity contribution in [1.82, 2.24) is 15.2 Å². The van der Waals surface area contributed by atoms with Crippen LogP contribution >= 0.6 is 11.8 Å². The molecule has 0 aromatic carbocycles. The third kappa shape index (κ3) is 4.74. The van der Waals surface area contributed by atoms with E-state index in [0.29, 0.717) is 16.3 Å². The number of carbonyl (C=O) groups is 1. The summed E-state index contributed by atoms with van der Waals surface area (Å²) in [5.41, 5.74) is 2.93. The zero-order chi connectivity index (χ0) is 17.6. The maximum absolute atomic E-state index is 12.3. The van der Waals surface area contributed by atoms with Gasteiger partial charge in [-0.2, -0.15) is 5.26 Å². The van der Waals surface area contributed by atoms with Gasteiger partial charge in [-0.3, -0.25) is 4.79 Å². The van der Waals surface area contributed by atoms with Gasteiger partial charge >= 0.3 is 0 Å². The van der Waals surface area contributed by atoms with Gasteiger partial charge < -0.3 is 10.2 Å². The largest absolute Gasteiger partial charge is 0.353 e. The Hall–Kier alpha value is -1.58. The van der Waals surface area contributed by atoms with Crippen LogP contribution in [0.4, 0.5) is 0 Å². The van der Waals surface area contributed by atoms with Crippen molar-refractivity contribution in [3.63, 3.8) is 0 Å². The number of hydrogen-bond donors (Lipinski definition) is 1. The van der Waals surface area contributed by atoms with Crippen molar-refractivity contribution < 1.29 is 4.79 Å². The Kier molecular flexibility index (Phi) is 6.33. The van der Waals surface area contributed by atoms with Gasteiger partial charge in [-0.15, -0.1) is 0 Å². The fraction of sp³-hybridized carbons (Fsp3) is 0.632. The highest BCUT2D eigenvalue weighted by Gasteiger charge is 2.20. The number of thioether (sulfide) groups is 1. The van der Waals surface area contributed by atoms with E-state index < -0.39 is 0 Å². The minimum Gasteiger partial charge on any atom is -0.353 e. The minimum absolute atomic E-state index is 0.0448. The van der Waals surface area contributed by atoms with Crippen LogP contribution in [0, 0.1) is 11.3 Å². The van der Waals surface area contributed by atoms with E-state index in [1.807, 2.05) is 6.07 Å². The Morgan fingerprint density at radius 1 is 1.40 bits per heavy atom. The van der Waals surface area contributed by atoms with E-state index in [0.717, 1.165) is 57.4 Å². The molecule has 1 aliphatic heterocycles. The molecule has 0 radical (unpaired) electrons. The van der Waals surface area contributed by atoms with Crippen molar-refractivity contribution in [2.24, 2.45) is 0 Å². The first-order valence-corrected chi connectivity index (χ1v) is 10.3. The summed E-state index contributed by atoms with van der Waals surface area (Å²) < 4.78 is 0. The number of piperidine rings is 1. The maximum Gasteiger partial charge on any atom is 0.230 e. The van der Waals surface area contributed by atoms with Gasteiger partial charge in [-0.25, -0.2) is 4.98 Å². The quantitative estimate of drug-likeness (QED) is 0.819. The number of nitrogens with one attached hydrogen (secondary N) is 1. The van der Waals surface area contributed by atoms with Crippen LogP contribution in [0.3, 0.4) is 0 Å². The van der Waals surface area contributed by atoms with Gasteiger partial charge in [0.1, 0.15) is 11.1 Å². The molecule has 0 atom stereocenters. The molecule has 1 aliphatic carbocycles. The molecule has 0 spiro atoms. The number of amides is 1. The molecular weight excluding hydrogens is 332 g/mol. The summed E-state index contributed by atoms with van der Waals surface area (Å²) in [6.45, 7) is 5.37. The topological polar surface area (TPSA) is 69.0 Å². The highest BCUT2D eigenvalue weighted by Crippen LogP contribution is 2.27. The monoisotopic (exact) mass is 358 g/mol. The van der Waals surface area contributed by atoms with Crippen LogP contribution in [0.5, 0.6) is 0 Å². The molecule has 0 unspecified atom stereocenters. The number of nitriles is 1. The molecule has 2 heterocycles. The zero-order valence-electron chi connectivity index (χ0n) is 14.9. The van der Waals surface area contributed by atoms with E-state index in [-0.39, 0.29) is 11.9 Å². The molecule has 1 saturated heterocycles. The molecule has 134 valence electrons. The first-order valence-electron chi connectivity index (χ1n) is 9.27. The second-order valence-electron chi connectivity index (χ2n) is 6.83. The van der Waals surface area contributed by atoms with Crippen LogP contribution in [0.15, 0.2) is 11.1 Å². The standard InChI is InChI=1S/C19H26N4OS/c1-2-23-9-7-16(8-10-23)21-18(24)13-25-19-15(12-20)11-14-5-3-4-6-17(14)22-19/h11,16H,2-10,13H2,1H3,(H,21,24). The molecule has 1 aromatic rings. The van der Waals surface area contributed by atoms with Crippen LogP contribution < -0.4 is 5.32 Å². The lowest BCUT2D eigenvalue weighted by atomic mass is 9.95. The van der Waals surface area contributed by atoms with Crippen molar-refractivity contribution in [2.75, 3.05) is 25.4 Å². The molecular formula is C19H26N4OS. The highest BCUT2D eigenvalue weighted by atomic mass is 32.2. The van der Waals surface area contributed by atoms with E-state index in [1.54, 1.807) is 0 Å². The second kappa shape index (κ2) is 8.68. The van der Waals surface area contributed by atoms with Gasteiger partial charge in [0, 0.05) is 24.8 Å². The zero-order valence-corrected chi connectivity index (χ0v) is 15.7. The predicted octanol–water partition coefficient (Wildman–Crippen LogP) is 2.52. The molecule has 5 nitrogen and oxygen atoms in total. The van der Waals surface area contributed by atoms with Gasteiger partial charge in [0.05, 0.1) is 11.3 Å². The Bertz CT molecular complexity index is 662. The number of carbonyl (C=O) groups excluding carboxylic acids is 1. The molecule has 3 rings (SSSR count). The number of aryl methyl sites for hydroxylation is 2. The number of likely N-dealkylation sites (tertiary alicyclic amines) is 1. The van der Waals surface area contributed by atoms with E-state index in [2.05, 4.69) is 28.2 Å². The smallest absolute Gasteiger partial charge is 0.230 e. The first-order chi connectivity index (χ1) is 12.2. The van der Waals surface area contributed by atoms with Gasteiger partial charge in [0.15, 0.2) is 0 Å². The Morgan fingerprint density at radius 3 is 2.88 bits per heavy atom. The van der Waals surface area contributed by atoms with Crippen molar-refractivity contribution in [2.45, 2.75) is 56.5 Å². The predicted molar refractivity (Wildman–Crippen MR) is 99.6 cm³/mol. The first kappa shape index (κ1) is 18.2. The Labute approximate surface area is 154 Å². The summed E-state index contributed by atoms with van der Waals surface area (Å²) in [4.78, 5) is 19.4. The molecule has 25 heavy (non-hydrogen) atoms. The molecule has 1 fully saturated rings. The fourth-order valence-electron chi connectivity index (χ4n) is 3.60. The number of pyridine rings is 1. The lowest BCUT2D eigenvalue weighted by Crippen LogP contribution is -2.45. The number of rotatable bonds is 5. The summed E-state index contributed by atoms with van der Waals surface area (Å²) in [5, 5.41) is 13.2. The van der Waals surface area contributed by atoms with E-state index >= 15 is 0 Å². The van der Waals surface area contributed by atoms with Crippen LogP contribution in [-0.4, -0.2) is 47.2 Å². The SMILES string of the molecule is CCN1CCC(NC(=O)CSc2nc3c(cc2C#N)CCCC3)CC1.